The maximum Gasteiger partial charge on any atom is 0.276 e. The van der Waals surface area contributed by atoms with E-state index in [9.17, 15) is 4.79 Å². The van der Waals surface area contributed by atoms with Crippen LogP contribution >= 0.6 is 12.4 Å². The van der Waals surface area contributed by atoms with Crippen LogP contribution in [0.1, 0.15) is 42.2 Å². The van der Waals surface area contributed by atoms with Gasteiger partial charge < -0.3 is 10.6 Å². The van der Waals surface area contributed by atoms with Gasteiger partial charge in [0, 0.05) is 25.6 Å². The van der Waals surface area contributed by atoms with Gasteiger partial charge in [-0.15, -0.1) is 17.5 Å². The van der Waals surface area contributed by atoms with Crippen molar-refractivity contribution >= 4 is 18.3 Å². The number of hydrogen-bond donors (Lipinski definition) is 1. The van der Waals surface area contributed by atoms with Crippen LogP contribution in [-0.4, -0.2) is 45.4 Å². The monoisotopic (exact) mass is 377 g/mol. The Morgan fingerprint density at radius 1 is 1.27 bits per heavy atom. The Morgan fingerprint density at radius 3 is 2.65 bits per heavy atom. The molecule has 0 bridgehead atoms. The normalized spacial score (nSPS) is 19.6. The first-order valence-electron chi connectivity index (χ1n) is 9.03. The second kappa shape index (κ2) is 9.14. The van der Waals surface area contributed by atoms with Crippen molar-refractivity contribution in [3.8, 4) is 0 Å². The van der Waals surface area contributed by atoms with Gasteiger partial charge in [-0.1, -0.05) is 49.4 Å². The minimum atomic E-state index is -0.0484. The van der Waals surface area contributed by atoms with Gasteiger partial charge in [-0.3, -0.25) is 9.48 Å². The Balaban J connectivity index is 0.00000243. The van der Waals surface area contributed by atoms with Crippen molar-refractivity contribution in [3.05, 3.63) is 47.8 Å². The first-order valence-corrected chi connectivity index (χ1v) is 9.03. The lowest BCUT2D eigenvalue weighted by Gasteiger charge is -2.16. The molecule has 1 fully saturated rings. The number of benzene rings is 1. The van der Waals surface area contributed by atoms with Crippen LogP contribution in [0, 0.1) is 11.8 Å². The van der Waals surface area contributed by atoms with Gasteiger partial charge in [0.15, 0.2) is 5.69 Å². The average molecular weight is 378 g/mol. The molecule has 1 saturated heterocycles. The van der Waals surface area contributed by atoms with Crippen molar-refractivity contribution in [1.82, 2.24) is 19.9 Å². The zero-order chi connectivity index (χ0) is 17.8. The van der Waals surface area contributed by atoms with Crippen LogP contribution < -0.4 is 5.73 Å². The minimum absolute atomic E-state index is 0. The molecule has 1 aromatic heterocycles. The Bertz CT molecular complexity index is 703. The fourth-order valence-corrected chi connectivity index (χ4v) is 3.41. The van der Waals surface area contributed by atoms with E-state index in [0.717, 1.165) is 13.0 Å². The molecule has 1 amide bonds. The second-order valence-corrected chi connectivity index (χ2v) is 7.27. The molecule has 6 nitrogen and oxygen atoms in total. The predicted octanol–water partition coefficient (Wildman–Crippen LogP) is 2.56. The molecule has 0 unspecified atom stereocenters. The number of aromatic nitrogens is 3. The molecule has 26 heavy (non-hydrogen) atoms. The molecule has 1 aromatic carbocycles. The molecule has 0 saturated carbocycles. The maximum absolute atomic E-state index is 12.8. The van der Waals surface area contributed by atoms with Gasteiger partial charge in [0.05, 0.1) is 6.20 Å². The number of carbonyl (C=O) groups is 1. The Labute approximate surface area is 161 Å². The Kier molecular flexibility index (Phi) is 7.17. The number of nitrogens with two attached hydrogens (primary N) is 1. The van der Waals surface area contributed by atoms with E-state index < -0.39 is 0 Å². The number of amides is 1. The summed E-state index contributed by atoms with van der Waals surface area (Å²) >= 11 is 0. The van der Waals surface area contributed by atoms with Crippen LogP contribution in [0.4, 0.5) is 0 Å². The van der Waals surface area contributed by atoms with Gasteiger partial charge in [-0.05, 0) is 30.4 Å². The molecule has 142 valence electrons. The molecule has 3 rings (SSSR count). The van der Waals surface area contributed by atoms with E-state index in [-0.39, 0.29) is 30.2 Å². The van der Waals surface area contributed by atoms with Crippen LogP contribution in [0.3, 0.4) is 0 Å². The van der Waals surface area contributed by atoms with Crippen molar-refractivity contribution in [2.75, 3.05) is 19.6 Å². The zero-order valence-electron chi connectivity index (χ0n) is 15.4. The summed E-state index contributed by atoms with van der Waals surface area (Å²) in [4.78, 5) is 14.7. The average Bonchev–Trinajstić information content (AvgIpc) is 3.27. The van der Waals surface area contributed by atoms with Crippen LogP contribution in [0.25, 0.3) is 0 Å². The molecule has 2 aromatic rings. The summed E-state index contributed by atoms with van der Waals surface area (Å²) in [6.07, 6.45) is 2.78. The lowest BCUT2D eigenvalue weighted by atomic mass is 9.89. The van der Waals surface area contributed by atoms with E-state index in [0.29, 0.717) is 31.2 Å². The van der Waals surface area contributed by atoms with E-state index in [2.05, 4.69) is 36.3 Å². The summed E-state index contributed by atoms with van der Waals surface area (Å²) in [5.41, 5.74) is 7.63. The number of rotatable bonds is 6. The first-order chi connectivity index (χ1) is 12.1. The van der Waals surface area contributed by atoms with Crippen LogP contribution in [0.15, 0.2) is 36.5 Å². The van der Waals surface area contributed by atoms with Crippen LogP contribution in [0.2, 0.25) is 0 Å². The molecule has 0 radical (unpaired) electrons. The molecule has 2 N–H and O–H groups in total. The second-order valence-electron chi connectivity index (χ2n) is 7.27. The Morgan fingerprint density at radius 2 is 2.00 bits per heavy atom. The number of nitrogens with zero attached hydrogens (tertiary/aromatic N) is 4. The van der Waals surface area contributed by atoms with Gasteiger partial charge in [-0.2, -0.15) is 0 Å². The van der Waals surface area contributed by atoms with Gasteiger partial charge in [0.1, 0.15) is 0 Å². The van der Waals surface area contributed by atoms with E-state index >= 15 is 0 Å². The number of hydrogen-bond acceptors (Lipinski definition) is 4. The lowest BCUT2D eigenvalue weighted by molar-refractivity contribution is 0.0780. The third-order valence-electron chi connectivity index (χ3n) is 4.95. The highest BCUT2D eigenvalue weighted by Crippen LogP contribution is 2.32. The summed E-state index contributed by atoms with van der Waals surface area (Å²) in [5, 5.41) is 8.17. The summed E-state index contributed by atoms with van der Waals surface area (Å²) in [6.45, 7) is 7.06. The highest BCUT2D eigenvalue weighted by molar-refractivity contribution is 5.92. The van der Waals surface area contributed by atoms with Gasteiger partial charge in [0.2, 0.25) is 0 Å². The lowest BCUT2D eigenvalue weighted by Crippen LogP contribution is -2.30. The highest BCUT2D eigenvalue weighted by Gasteiger charge is 2.36. The van der Waals surface area contributed by atoms with E-state index in [1.165, 1.54) is 5.56 Å². The smallest absolute Gasteiger partial charge is 0.276 e. The number of aryl methyl sites for hydroxylation is 1. The summed E-state index contributed by atoms with van der Waals surface area (Å²) in [7, 11) is 0. The van der Waals surface area contributed by atoms with Gasteiger partial charge >= 0.3 is 0 Å². The number of likely N-dealkylation sites (tertiary alicyclic amines) is 1. The molecule has 7 heteroatoms. The van der Waals surface area contributed by atoms with Crippen molar-refractivity contribution in [2.45, 2.75) is 32.7 Å². The van der Waals surface area contributed by atoms with Crippen molar-refractivity contribution in [1.29, 1.82) is 0 Å². The quantitative estimate of drug-likeness (QED) is 0.839. The largest absolute Gasteiger partial charge is 0.336 e. The molecule has 0 aliphatic carbocycles. The molecule has 0 spiro atoms. The van der Waals surface area contributed by atoms with Crippen molar-refractivity contribution < 1.29 is 4.79 Å². The number of carbonyl (C=O) groups excluding carboxylic acids is 1. The SMILES string of the molecule is CC(C)CCn1cc(C(=O)N2C[C@@H](CN)[C@H](c3ccccc3)C2)nn1.Cl. The molecule has 2 heterocycles. The van der Waals surface area contributed by atoms with E-state index in [1.54, 1.807) is 10.9 Å². The molecule has 1 aliphatic rings. The molecule has 2 atom stereocenters. The van der Waals surface area contributed by atoms with Gasteiger partial charge in [0.25, 0.3) is 5.91 Å². The van der Waals surface area contributed by atoms with Crippen molar-refractivity contribution in [3.63, 3.8) is 0 Å². The first kappa shape index (κ1) is 20.4. The van der Waals surface area contributed by atoms with Crippen molar-refractivity contribution in [2.24, 2.45) is 17.6 Å². The standard InChI is InChI=1S/C19H27N5O.ClH/c1-14(2)8-9-24-13-18(21-22-24)19(25)23-11-16(10-20)17(12-23)15-6-4-3-5-7-15;/h3-7,13-14,16-17H,8-12,20H2,1-2H3;1H/t16-,17+;/m1./s1. The molecule has 1 aliphatic heterocycles. The molecular formula is C19H28ClN5O. The summed E-state index contributed by atoms with van der Waals surface area (Å²) < 4.78 is 1.76. The maximum atomic E-state index is 12.8. The highest BCUT2D eigenvalue weighted by atomic mass is 35.5. The van der Waals surface area contributed by atoms with Crippen LogP contribution in [-0.2, 0) is 6.54 Å². The van der Waals surface area contributed by atoms with E-state index in [1.807, 2.05) is 23.1 Å². The number of halogens is 1. The Hall–Kier alpha value is -1.92. The zero-order valence-corrected chi connectivity index (χ0v) is 16.2. The third-order valence-corrected chi connectivity index (χ3v) is 4.95. The molecular weight excluding hydrogens is 350 g/mol. The summed E-state index contributed by atoms with van der Waals surface area (Å²) in [6, 6.07) is 10.3. The van der Waals surface area contributed by atoms with E-state index in [4.69, 9.17) is 5.73 Å². The predicted molar refractivity (Wildman–Crippen MR) is 104 cm³/mol. The van der Waals surface area contributed by atoms with Crippen LogP contribution in [0.5, 0.6) is 0 Å². The minimum Gasteiger partial charge on any atom is -0.336 e. The summed E-state index contributed by atoms with van der Waals surface area (Å²) in [5.74, 6) is 1.11. The fourth-order valence-electron chi connectivity index (χ4n) is 3.41. The topological polar surface area (TPSA) is 77.0 Å². The fraction of sp³-hybridized carbons (Fsp3) is 0.526. The van der Waals surface area contributed by atoms with Gasteiger partial charge in [-0.25, -0.2) is 0 Å². The third kappa shape index (κ3) is 4.62.